The Bertz CT molecular complexity index is 1100. The molecule has 3 aromatic rings. The quantitative estimate of drug-likeness (QED) is 0.491. The van der Waals surface area contributed by atoms with Crippen LogP contribution in [0.3, 0.4) is 0 Å². The zero-order valence-corrected chi connectivity index (χ0v) is 18.2. The highest BCUT2D eigenvalue weighted by atomic mass is 35.5. The predicted octanol–water partition coefficient (Wildman–Crippen LogP) is 4.39. The zero-order chi connectivity index (χ0) is 21.4. The lowest BCUT2D eigenvalue weighted by atomic mass is 9.95. The first-order chi connectivity index (χ1) is 14.5. The Morgan fingerprint density at radius 1 is 1.27 bits per heavy atom. The van der Waals surface area contributed by atoms with Gasteiger partial charge in [0, 0.05) is 34.2 Å². The average Bonchev–Trinajstić information content (AvgIpc) is 3.28. The third kappa shape index (κ3) is 3.47. The van der Waals surface area contributed by atoms with Crippen molar-refractivity contribution in [2.24, 2.45) is 0 Å². The molecule has 0 fully saturated rings. The number of fused-ring (bicyclic) bond motifs is 1. The Morgan fingerprint density at radius 3 is 2.67 bits per heavy atom. The largest absolute Gasteiger partial charge is 0.507 e. The number of nitrogens with zero attached hydrogens (tertiary/aromatic N) is 2. The van der Waals surface area contributed by atoms with Gasteiger partial charge < -0.3 is 15.1 Å². The van der Waals surface area contributed by atoms with Crippen molar-refractivity contribution in [1.82, 2.24) is 15.1 Å². The molecule has 30 heavy (non-hydrogen) atoms. The van der Waals surface area contributed by atoms with Crippen LogP contribution in [0.2, 0.25) is 5.02 Å². The molecule has 2 aromatic carbocycles. The van der Waals surface area contributed by atoms with Crippen LogP contribution < -0.4 is 0 Å². The molecule has 0 aliphatic carbocycles. The second kappa shape index (κ2) is 8.34. The van der Waals surface area contributed by atoms with E-state index in [1.54, 1.807) is 28.8 Å². The monoisotopic (exact) mass is 443 g/mol. The third-order valence-corrected chi connectivity index (χ3v) is 6.54. The highest BCUT2D eigenvalue weighted by molar-refractivity contribution is 7.98. The molecular weight excluding hydrogens is 422 g/mol. The summed E-state index contributed by atoms with van der Waals surface area (Å²) in [5, 5.41) is 27.6. The fraction of sp³-hybridized carbons (Fsp3) is 0.273. The van der Waals surface area contributed by atoms with Gasteiger partial charge >= 0.3 is 0 Å². The van der Waals surface area contributed by atoms with Gasteiger partial charge in [-0.3, -0.25) is 9.89 Å². The normalized spacial score (nSPS) is 15.7. The number of rotatable bonds is 6. The summed E-state index contributed by atoms with van der Waals surface area (Å²) < 4.78 is 0. The van der Waals surface area contributed by atoms with Gasteiger partial charge in [-0.1, -0.05) is 23.7 Å². The number of hydrogen-bond acceptors (Lipinski definition) is 5. The van der Waals surface area contributed by atoms with Crippen LogP contribution in [-0.4, -0.2) is 50.6 Å². The van der Waals surface area contributed by atoms with Gasteiger partial charge in [-0.15, -0.1) is 11.8 Å². The van der Waals surface area contributed by atoms with Crippen LogP contribution >= 0.6 is 23.4 Å². The molecule has 0 spiro atoms. The number of carbonyl (C=O) groups is 1. The number of aryl methyl sites for hydroxylation is 1. The summed E-state index contributed by atoms with van der Waals surface area (Å²) in [4.78, 5) is 16.0. The van der Waals surface area contributed by atoms with E-state index in [9.17, 15) is 15.0 Å². The topological polar surface area (TPSA) is 89.5 Å². The molecule has 1 atom stereocenters. The van der Waals surface area contributed by atoms with Gasteiger partial charge in [0.25, 0.3) is 5.91 Å². The molecule has 156 valence electrons. The van der Waals surface area contributed by atoms with Crippen LogP contribution in [0, 0.1) is 6.92 Å². The van der Waals surface area contributed by atoms with E-state index >= 15 is 0 Å². The molecule has 1 aliphatic rings. The van der Waals surface area contributed by atoms with E-state index < -0.39 is 0 Å². The molecule has 1 amide bonds. The van der Waals surface area contributed by atoms with Gasteiger partial charge in [-0.05, 0) is 55.0 Å². The highest BCUT2D eigenvalue weighted by Gasteiger charge is 2.42. The first kappa shape index (κ1) is 20.8. The van der Waals surface area contributed by atoms with Crippen molar-refractivity contribution >= 4 is 29.3 Å². The van der Waals surface area contributed by atoms with E-state index in [0.29, 0.717) is 40.5 Å². The van der Waals surface area contributed by atoms with Gasteiger partial charge in [-0.2, -0.15) is 5.10 Å². The molecule has 0 saturated heterocycles. The summed E-state index contributed by atoms with van der Waals surface area (Å²) in [5.74, 6) is -0.113. The number of aliphatic hydroxyl groups excluding tert-OH is 1. The molecule has 0 saturated carbocycles. The molecule has 8 heteroatoms. The Labute approximate surface area is 183 Å². The van der Waals surface area contributed by atoms with Crippen LogP contribution in [-0.2, 0) is 0 Å². The number of halogens is 1. The van der Waals surface area contributed by atoms with Crippen LogP contribution in [0.5, 0.6) is 5.75 Å². The molecule has 2 heterocycles. The summed E-state index contributed by atoms with van der Waals surface area (Å²) in [6, 6.07) is 11.0. The maximum atomic E-state index is 13.1. The Kier molecular flexibility index (Phi) is 5.77. The smallest absolute Gasteiger partial charge is 0.273 e. The minimum absolute atomic E-state index is 0.00465. The Hall–Kier alpha value is -2.48. The summed E-state index contributed by atoms with van der Waals surface area (Å²) in [5.41, 5.74) is 3.80. The number of hydrogen-bond donors (Lipinski definition) is 3. The number of amides is 1. The first-order valence-electron chi connectivity index (χ1n) is 9.59. The minimum atomic E-state index is -0.372. The van der Waals surface area contributed by atoms with Gasteiger partial charge in [0.1, 0.15) is 17.1 Å². The van der Waals surface area contributed by atoms with Crippen molar-refractivity contribution in [3.63, 3.8) is 0 Å². The van der Waals surface area contributed by atoms with Gasteiger partial charge in [0.15, 0.2) is 0 Å². The van der Waals surface area contributed by atoms with Gasteiger partial charge in [0.05, 0.1) is 6.04 Å². The van der Waals surface area contributed by atoms with E-state index in [2.05, 4.69) is 10.2 Å². The van der Waals surface area contributed by atoms with E-state index in [0.717, 1.165) is 16.0 Å². The van der Waals surface area contributed by atoms with Crippen LogP contribution in [0.4, 0.5) is 0 Å². The summed E-state index contributed by atoms with van der Waals surface area (Å²) in [6.45, 7) is 2.22. The number of phenolic OH excluding ortho intramolecular Hbond substituents is 1. The van der Waals surface area contributed by atoms with Crippen molar-refractivity contribution in [1.29, 1.82) is 0 Å². The third-order valence-electron chi connectivity index (χ3n) is 5.38. The van der Waals surface area contributed by atoms with E-state index in [1.807, 2.05) is 37.4 Å². The molecule has 3 N–H and O–H groups in total. The number of H-pyrrole nitrogens is 1. The van der Waals surface area contributed by atoms with Crippen molar-refractivity contribution in [2.75, 3.05) is 19.4 Å². The molecule has 1 aromatic heterocycles. The summed E-state index contributed by atoms with van der Waals surface area (Å²) in [7, 11) is 0. The number of aliphatic hydroxyl groups is 1. The van der Waals surface area contributed by atoms with Gasteiger partial charge in [-0.25, -0.2) is 0 Å². The SMILES string of the molecule is CSc1ccc([C@@H]2c3c(-c4cc(Cl)c(C)cc4O)n[nH]c3C(=O)N2CCCO)cc1. The molecule has 4 rings (SSSR count). The lowest BCUT2D eigenvalue weighted by Gasteiger charge is -2.26. The zero-order valence-electron chi connectivity index (χ0n) is 16.6. The number of thioether (sulfide) groups is 1. The molecule has 6 nitrogen and oxygen atoms in total. The molecule has 1 aliphatic heterocycles. The number of carbonyl (C=O) groups excluding carboxylic acids is 1. The standard InChI is InChI=1S/C22H22ClN3O3S/c1-12-10-17(28)15(11-16(12)23)19-18-20(25-24-19)22(29)26(8-3-9-27)21(18)13-4-6-14(30-2)7-5-13/h4-7,10-11,21,27-28H,3,8-9H2,1-2H3,(H,24,25)/t21-/m1/s1. The second-order valence-corrected chi connectivity index (χ2v) is 8.52. The Morgan fingerprint density at radius 2 is 2.00 bits per heavy atom. The summed E-state index contributed by atoms with van der Waals surface area (Å²) in [6.07, 6.45) is 2.48. The van der Waals surface area contributed by atoms with Crippen molar-refractivity contribution in [2.45, 2.75) is 24.3 Å². The fourth-order valence-corrected chi connectivity index (χ4v) is 4.43. The van der Waals surface area contributed by atoms with Crippen LogP contribution in [0.15, 0.2) is 41.3 Å². The van der Waals surface area contributed by atoms with E-state index in [1.165, 1.54) is 0 Å². The molecule has 0 radical (unpaired) electrons. The summed E-state index contributed by atoms with van der Waals surface area (Å²) >= 11 is 7.96. The van der Waals surface area contributed by atoms with Crippen molar-refractivity contribution < 1.29 is 15.0 Å². The maximum Gasteiger partial charge on any atom is 0.273 e. The van der Waals surface area contributed by atoms with Crippen molar-refractivity contribution in [3.8, 4) is 17.0 Å². The number of benzene rings is 2. The molecular formula is C22H22ClN3O3S. The average molecular weight is 444 g/mol. The minimum Gasteiger partial charge on any atom is -0.507 e. The van der Waals surface area contributed by atoms with Crippen molar-refractivity contribution in [3.05, 3.63) is 63.8 Å². The number of nitrogens with one attached hydrogen (secondary N) is 1. The maximum absolute atomic E-state index is 13.1. The Balaban J connectivity index is 1.88. The van der Waals surface area contributed by atoms with E-state index in [4.69, 9.17) is 11.6 Å². The lowest BCUT2D eigenvalue weighted by Crippen LogP contribution is -2.31. The first-order valence-corrected chi connectivity index (χ1v) is 11.2. The second-order valence-electron chi connectivity index (χ2n) is 7.23. The van der Waals surface area contributed by atoms with Crippen LogP contribution in [0.1, 0.15) is 39.6 Å². The molecule has 0 bridgehead atoms. The predicted molar refractivity (Wildman–Crippen MR) is 118 cm³/mol. The number of aromatic amines is 1. The van der Waals surface area contributed by atoms with Gasteiger partial charge in [0.2, 0.25) is 0 Å². The number of aromatic hydroxyl groups is 1. The van der Waals surface area contributed by atoms with E-state index in [-0.39, 0.29) is 24.3 Å². The highest BCUT2D eigenvalue weighted by Crippen LogP contribution is 2.45. The molecule has 0 unspecified atom stereocenters. The number of aromatic nitrogens is 2. The number of phenols is 1. The van der Waals surface area contributed by atoms with Crippen LogP contribution in [0.25, 0.3) is 11.3 Å². The fourth-order valence-electron chi connectivity index (χ4n) is 3.86. The lowest BCUT2D eigenvalue weighted by molar-refractivity contribution is 0.0732.